The first kappa shape index (κ1) is 22.8. The molecule has 0 spiro atoms. The van der Waals surface area contributed by atoms with Crippen LogP contribution in [0, 0.1) is 5.92 Å². The number of nitrogens with one attached hydrogen (secondary N) is 1. The number of ether oxygens (including phenoxy) is 2. The van der Waals surface area contributed by atoms with Gasteiger partial charge in [-0.05, 0) is 58.4 Å². The summed E-state index contributed by atoms with van der Waals surface area (Å²) in [6.07, 6.45) is 4.16. The molecule has 0 aromatic carbocycles. The maximum atomic E-state index is 11.9. The summed E-state index contributed by atoms with van der Waals surface area (Å²) in [5.74, 6) is 0.705. The summed E-state index contributed by atoms with van der Waals surface area (Å²) in [5, 5.41) is 12.3. The Labute approximate surface area is 172 Å². The second-order valence-electron chi connectivity index (χ2n) is 8.14. The summed E-state index contributed by atoms with van der Waals surface area (Å²) < 4.78 is 10.8. The van der Waals surface area contributed by atoms with Crippen molar-refractivity contribution in [2.75, 3.05) is 25.6 Å². The van der Waals surface area contributed by atoms with E-state index in [1.165, 1.54) is 12.0 Å². The number of likely N-dealkylation sites (tertiary alicyclic amines) is 1. The van der Waals surface area contributed by atoms with Crippen LogP contribution in [0.25, 0.3) is 0 Å². The van der Waals surface area contributed by atoms with Gasteiger partial charge in [0.05, 0.1) is 25.6 Å². The number of carboxylic acid groups (broad SMARTS) is 1. The van der Waals surface area contributed by atoms with E-state index in [1.807, 2.05) is 19.9 Å². The highest BCUT2D eigenvalue weighted by Crippen LogP contribution is 2.27. The van der Waals surface area contributed by atoms with Gasteiger partial charge in [-0.15, -0.1) is 0 Å². The van der Waals surface area contributed by atoms with Crippen LogP contribution in [-0.2, 0) is 16.0 Å². The van der Waals surface area contributed by atoms with Crippen molar-refractivity contribution in [1.29, 1.82) is 0 Å². The third kappa shape index (κ3) is 5.98. The van der Waals surface area contributed by atoms with Gasteiger partial charge in [0.2, 0.25) is 5.88 Å². The van der Waals surface area contributed by atoms with Gasteiger partial charge in [0.1, 0.15) is 5.54 Å². The number of anilines is 1. The SMILES string of the molecule is CCc1cc(NC(C)(C)C(=O)OC)cnc1OCCC1CCN(C(=O)O)C(C)C1. The number of carbonyl (C=O) groups excluding carboxylic acids is 1. The summed E-state index contributed by atoms with van der Waals surface area (Å²) in [4.78, 5) is 29.0. The second-order valence-corrected chi connectivity index (χ2v) is 8.14. The van der Waals surface area contributed by atoms with Gasteiger partial charge in [-0.25, -0.2) is 14.6 Å². The summed E-state index contributed by atoms with van der Waals surface area (Å²) in [7, 11) is 1.37. The molecule has 1 aliphatic rings. The molecule has 1 amide bonds. The molecule has 0 bridgehead atoms. The van der Waals surface area contributed by atoms with Gasteiger partial charge in [-0.1, -0.05) is 6.92 Å². The number of methoxy groups -OCH3 is 1. The summed E-state index contributed by atoms with van der Waals surface area (Å²) >= 11 is 0. The molecule has 2 rings (SSSR count). The quantitative estimate of drug-likeness (QED) is 0.636. The molecule has 8 heteroatoms. The van der Waals surface area contributed by atoms with E-state index < -0.39 is 11.6 Å². The third-order valence-corrected chi connectivity index (χ3v) is 5.45. The topological polar surface area (TPSA) is 101 Å². The lowest BCUT2D eigenvalue weighted by Gasteiger charge is -2.35. The van der Waals surface area contributed by atoms with Crippen molar-refractivity contribution in [3.8, 4) is 5.88 Å². The van der Waals surface area contributed by atoms with Crippen LogP contribution in [0.1, 0.15) is 52.5 Å². The molecule has 1 aromatic rings. The van der Waals surface area contributed by atoms with E-state index in [0.29, 0.717) is 24.9 Å². The molecule has 0 radical (unpaired) electrons. The van der Waals surface area contributed by atoms with Crippen molar-refractivity contribution in [2.45, 2.75) is 65.0 Å². The highest BCUT2D eigenvalue weighted by Gasteiger charge is 2.29. The largest absolute Gasteiger partial charge is 0.477 e. The summed E-state index contributed by atoms with van der Waals surface area (Å²) in [6, 6.07) is 1.99. The Balaban J connectivity index is 1.91. The Kier molecular flexibility index (Phi) is 7.70. The maximum Gasteiger partial charge on any atom is 0.407 e. The van der Waals surface area contributed by atoms with Crippen LogP contribution in [0.15, 0.2) is 12.3 Å². The van der Waals surface area contributed by atoms with Crippen molar-refractivity contribution < 1.29 is 24.2 Å². The summed E-state index contributed by atoms with van der Waals surface area (Å²) in [6.45, 7) is 8.62. The number of pyridine rings is 1. The molecule has 0 aliphatic carbocycles. The van der Waals surface area contributed by atoms with E-state index in [1.54, 1.807) is 20.0 Å². The van der Waals surface area contributed by atoms with E-state index in [2.05, 4.69) is 10.3 Å². The number of carbonyl (C=O) groups is 2. The van der Waals surface area contributed by atoms with E-state index in [4.69, 9.17) is 9.47 Å². The molecule has 2 heterocycles. The number of rotatable bonds is 8. The Bertz CT molecular complexity index is 722. The van der Waals surface area contributed by atoms with Gasteiger partial charge in [-0.3, -0.25) is 0 Å². The highest BCUT2D eigenvalue weighted by atomic mass is 16.5. The molecule has 1 aliphatic heterocycles. The highest BCUT2D eigenvalue weighted by molar-refractivity contribution is 5.83. The zero-order chi connectivity index (χ0) is 21.6. The van der Waals surface area contributed by atoms with Crippen LogP contribution in [0.4, 0.5) is 10.5 Å². The molecular formula is C21H33N3O5. The van der Waals surface area contributed by atoms with E-state index in [-0.39, 0.29) is 12.0 Å². The maximum absolute atomic E-state index is 11.9. The molecule has 2 unspecified atom stereocenters. The van der Waals surface area contributed by atoms with Gasteiger partial charge in [0.25, 0.3) is 0 Å². The summed E-state index contributed by atoms with van der Waals surface area (Å²) in [5.41, 5.74) is 0.843. The minimum Gasteiger partial charge on any atom is -0.477 e. The molecule has 2 atom stereocenters. The minimum atomic E-state index is -0.856. The van der Waals surface area contributed by atoms with Crippen molar-refractivity contribution >= 4 is 17.7 Å². The van der Waals surface area contributed by atoms with Crippen LogP contribution in [0.2, 0.25) is 0 Å². The van der Waals surface area contributed by atoms with Crippen LogP contribution >= 0.6 is 0 Å². The average Bonchev–Trinajstić information content (AvgIpc) is 2.67. The number of piperidine rings is 1. The minimum absolute atomic E-state index is 0.0408. The fraction of sp³-hybridized carbons (Fsp3) is 0.667. The zero-order valence-corrected chi connectivity index (χ0v) is 18.0. The predicted octanol–water partition coefficient (Wildman–Crippen LogP) is 3.55. The molecule has 8 nitrogen and oxygen atoms in total. The Morgan fingerprint density at radius 1 is 1.41 bits per heavy atom. The standard InChI is InChI=1S/C21H33N3O5/c1-6-16-12-17(23-21(3,4)19(25)28-5)13-22-18(16)29-10-8-15-7-9-24(20(26)27)14(2)11-15/h12-15,23H,6-11H2,1-5H3,(H,26,27). The fourth-order valence-electron chi connectivity index (χ4n) is 3.75. The van der Waals surface area contributed by atoms with E-state index in [0.717, 1.165) is 36.9 Å². The van der Waals surface area contributed by atoms with Gasteiger partial charge in [0.15, 0.2) is 0 Å². The smallest absolute Gasteiger partial charge is 0.407 e. The first-order valence-corrected chi connectivity index (χ1v) is 10.2. The van der Waals surface area contributed by atoms with E-state index >= 15 is 0 Å². The van der Waals surface area contributed by atoms with Crippen LogP contribution in [0.3, 0.4) is 0 Å². The first-order chi connectivity index (χ1) is 13.7. The Hall–Kier alpha value is -2.51. The van der Waals surface area contributed by atoms with Crippen molar-refractivity contribution in [1.82, 2.24) is 9.88 Å². The Morgan fingerprint density at radius 3 is 2.72 bits per heavy atom. The molecule has 1 fully saturated rings. The van der Waals surface area contributed by atoms with Crippen molar-refractivity contribution in [3.63, 3.8) is 0 Å². The predicted molar refractivity (Wildman–Crippen MR) is 110 cm³/mol. The van der Waals surface area contributed by atoms with Crippen LogP contribution < -0.4 is 10.1 Å². The molecule has 0 saturated carbocycles. The van der Waals surface area contributed by atoms with Crippen molar-refractivity contribution in [3.05, 3.63) is 17.8 Å². The second kappa shape index (κ2) is 9.80. The van der Waals surface area contributed by atoms with Gasteiger partial charge in [0, 0.05) is 18.2 Å². The lowest BCUT2D eigenvalue weighted by Crippen LogP contribution is -2.44. The third-order valence-electron chi connectivity index (χ3n) is 5.45. The number of hydrogen-bond acceptors (Lipinski definition) is 6. The molecule has 2 N–H and O–H groups in total. The lowest BCUT2D eigenvalue weighted by atomic mass is 9.89. The van der Waals surface area contributed by atoms with Gasteiger partial charge in [-0.2, -0.15) is 0 Å². The zero-order valence-electron chi connectivity index (χ0n) is 18.0. The van der Waals surface area contributed by atoms with Crippen LogP contribution in [0.5, 0.6) is 5.88 Å². The van der Waals surface area contributed by atoms with Gasteiger partial charge >= 0.3 is 12.1 Å². The number of nitrogens with zero attached hydrogens (tertiary/aromatic N) is 2. The van der Waals surface area contributed by atoms with Crippen molar-refractivity contribution in [2.24, 2.45) is 5.92 Å². The number of amides is 1. The normalized spacial score (nSPS) is 19.6. The lowest BCUT2D eigenvalue weighted by molar-refractivity contribution is -0.144. The molecule has 1 aromatic heterocycles. The van der Waals surface area contributed by atoms with Gasteiger partial charge < -0.3 is 24.8 Å². The fourth-order valence-corrected chi connectivity index (χ4v) is 3.75. The number of hydrogen-bond donors (Lipinski definition) is 2. The molecular weight excluding hydrogens is 374 g/mol. The molecule has 29 heavy (non-hydrogen) atoms. The first-order valence-electron chi connectivity index (χ1n) is 10.2. The van der Waals surface area contributed by atoms with E-state index in [9.17, 15) is 14.7 Å². The molecule has 1 saturated heterocycles. The van der Waals surface area contributed by atoms with Crippen LogP contribution in [-0.4, -0.2) is 58.9 Å². The monoisotopic (exact) mass is 407 g/mol. The number of aryl methyl sites for hydroxylation is 1. The number of esters is 1. The number of aromatic nitrogens is 1. The Morgan fingerprint density at radius 2 is 2.14 bits per heavy atom. The average molecular weight is 408 g/mol. The molecule has 162 valence electrons.